The van der Waals surface area contributed by atoms with Gasteiger partial charge in [0, 0.05) is 11.9 Å². The largest absolute Gasteiger partial charge is 0.493 e. The summed E-state index contributed by atoms with van der Waals surface area (Å²) in [5.74, 6) is -0.911. The molecular weight excluding hydrogens is 378 g/mol. The number of benzene rings is 3. The molecule has 1 heterocycles. The maximum absolute atomic E-state index is 13.2. The Kier molecular flexibility index (Phi) is 5.16. The number of hydrogen-bond donors (Lipinski definition) is 2. The molecule has 2 N–H and O–H groups in total. The van der Waals surface area contributed by atoms with Gasteiger partial charge in [0.05, 0.1) is 5.52 Å². The predicted octanol–water partition coefficient (Wildman–Crippen LogP) is 4.91. The molecule has 0 radical (unpaired) electrons. The highest BCUT2D eigenvalue weighted by molar-refractivity contribution is 5.96. The summed E-state index contributed by atoms with van der Waals surface area (Å²) in [6, 6.07) is 24.6. The molecule has 6 heteroatoms. The number of amides is 1. The molecule has 0 aliphatic rings. The van der Waals surface area contributed by atoms with E-state index in [0.29, 0.717) is 23.1 Å². The Hall–Kier alpha value is -3.77. The third-order valence-electron chi connectivity index (χ3n) is 5.17. The summed E-state index contributed by atoms with van der Waals surface area (Å²) in [4.78, 5) is 13.2. The minimum atomic E-state index is -2.00. The van der Waals surface area contributed by atoms with Crippen LogP contribution >= 0.6 is 0 Å². The fraction of sp³-hybridized carbons (Fsp3) is 0.125. The summed E-state index contributed by atoms with van der Waals surface area (Å²) in [6.45, 7) is 2.44. The van der Waals surface area contributed by atoms with Gasteiger partial charge in [-0.3, -0.25) is 4.79 Å². The van der Waals surface area contributed by atoms with Crippen molar-refractivity contribution in [2.75, 3.05) is 0 Å². The van der Waals surface area contributed by atoms with Crippen LogP contribution in [0, 0.1) is 0 Å². The van der Waals surface area contributed by atoms with E-state index in [1.54, 1.807) is 71.3 Å². The van der Waals surface area contributed by atoms with Crippen LogP contribution < -0.4 is 0 Å². The Labute approximate surface area is 173 Å². The van der Waals surface area contributed by atoms with Crippen molar-refractivity contribution < 1.29 is 15.0 Å². The van der Waals surface area contributed by atoms with E-state index in [4.69, 9.17) is 0 Å². The van der Waals surface area contributed by atoms with Crippen LogP contribution in [0.2, 0.25) is 0 Å². The van der Waals surface area contributed by atoms with E-state index in [-0.39, 0.29) is 11.6 Å². The monoisotopic (exact) mass is 399 g/mol. The highest BCUT2D eigenvalue weighted by Gasteiger charge is 2.40. The van der Waals surface area contributed by atoms with Crippen molar-refractivity contribution in [1.29, 1.82) is 0 Å². The number of aryl methyl sites for hydroxylation is 1. The molecule has 0 aliphatic carbocycles. The molecule has 3 aromatic carbocycles. The predicted molar refractivity (Wildman–Crippen MR) is 115 cm³/mol. The van der Waals surface area contributed by atoms with Crippen LogP contribution in [-0.2, 0) is 16.9 Å². The number of azo groups is 1. The van der Waals surface area contributed by atoms with Gasteiger partial charge >= 0.3 is 5.91 Å². The Morgan fingerprint density at radius 3 is 2.00 bits per heavy atom. The van der Waals surface area contributed by atoms with Gasteiger partial charge in [0.2, 0.25) is 5.88 Å². The molecule has 0 unspecified atom stereocenters. The van der Waals surface area contributed by atoms with E-state index in [2.05, 4.69) is 10.2 Å². The summed E-state index contributed by atoms with van der Waals surface area (Å²) in [5.41, 5.74) is -0.227. The highest BCUT2D eigenvalue weighted by atomic mass is 16.3. The number of aliphatic hydroxyl groups is 1. The van der Waals surface area contributed by atoms with Crippen LogP contribution in [0.3, 0.4) is 0 Å². The number of hydrogen-bond acceptors (Lipinski definition) is 4. The first-order chi connectivity index (χ1) is 14.6. The molecule has 0 saturated carbocycles. The van der Waals surface area contributed by atoms with Crippen LogP contribution in [0.5, 0.6) is 5.88 Å². The molecular formula is C24H21N3O3. The molecule has 0 spiro atoms. The minimum absolute atomic E-state index is 0.0711. The summed E-state index contributed by atoms with van der Waals surface area (Å²) in [6.07, 6.45) is 0. The summed E-state index contributed by atoms with van der Waals surface area (Å²) < 4.78 is 1.69. The molecule has 0 saturated heterocycles. The third kappa shape index (κ3) is 3.17. The second-order valence-electron chi connectivity index (χ2n) is 6.88. The number of carbonyl (C=O) groups is 1. The first-order valence-corrected chi connectivity index (χ1v) is 9.67. The quantitative estimate of drug-likeness (QED) is 0.467. The fourth-order valence-corrected chi connectivity index (χ4v) is 3.63. The van der Waals surface area contributed by atoms with E-state index in [0.717, 1.165) is 5.52 Å². The van der Waals surface area contributed by atoms with E-state index in [1.165, 1.54) is 0 Å². The number of aromatic hydroxyl groups is 1. The lowest BCUT2D eigenvalue weighted by atomic mass is 9.86. The van der Waals surface area contributed by atoms with Crippen molar-refractivity contribution >= 4 is 22.5 Å². The standard InChI is InChI=1S/C24H21N3O3/c1-2-27-20-16-10-9-15-19(20)21(22(27)28)25-26-23(29)24(30,17-11-5-3-6-12-17)18-13-7-4-8-14-18/h3-16,28,30H,2H2,1H3. The zero-order valence-electron chi connectivity index (χ0n) is 16.4. The van der Waals surface area contributed by atoms with Crippen molar-refractivity contribution in [1.82, 2.24) is 4.57 Å². The Balaban J connectivity index is 1.81. The van der Waals surface area contributed by atoms with Gasteiger partial charge in [-0.2, -0.15) is 0 Å². The molecule has 0 bridgehead atoms. The Bertz CT molecular complexity index is 1180. The number of carbonyl (C=O) groups excluding carboxylic acids is 1. The first kappa shape index (κ1) is 19.5. The molecule has 0 atom stereocenters. The zero-order valence-corrected chi connectivity index (χ0v) is 16.4. The minimum Gasteiger partial charge on any atom is -0.493 e. The molecule has 0 aliphatic heterocycles. The third-order valence-corrected chi connectivity index (χ3v) is 5.17. The number of para-hydroxylation sites is 1. The van der Waals surface area contributed by atoms with Gasteiger partial charge < -0.3 is 14.8 Å². The average molecular weight is 399 g/mol. The first-order valence-electron chi connectivity index (χ1n) is 9.67. The maximum Gasteiger partial charge on any atom is 0.305 e. The Morgan fingerprint density at radius 2 is 1.43 bits per heavy atom. The number of nitrogens with zero attached hydrogens (tertiary/aromatic N) is 3. The number of fused-ring (bicyclic) bond motifs is 1. The van der Waals surface area contributed by atoms with Gasteiger partial charge in [-0.05, 0) is 24.1 Å². The highest BCUT2D eigenvalue weighted by Crippen LogP contribution is 2.39. The fourth-order valence-electron chi connectivity index (χ4n) is 3.63. The summed E-state index contributed by atoms with van der Waals surface area (Å²) in [7, 11) is 0. The van der Waals surface area contributed by atoms with Gasteiger partial charge in [0.1, 0.15) is 0 Å². The molecule has 4 aromatic rings. The zero-order chi connectivity index (χ0) is 21.1. The number of aromatic nitrogens is 1. The van der Waals surface area contributed by atoms with Crippen molar-refractivity contribution in [3.8, 4) is 5.88 Å². The molecule has 6 nitrogen and oxygen atoms in total. The normalized spacial score (nSPS) is 11.9. The van der Waals surface area contributed by atoms with Gasteiger partial charge in [0.25, 0.3) is 0 Å². The Morgan fingerprint density at radius 1 is 0.900 bits per heavy atom. The van der Waals surface area contributed by atoms with Gasteiger partial charge in [0.15, 0.2) is 11.3 Å². The SMILES string of the molecule is CCn1c(O)c(N=NC(=O)C(O)(c2ccccc2)c2ccccc2)c2ccccc21. The van der Waals surface area contributed by atoms with Crippen LogP contribution in [0.15, 0.2) is 95.2 Å². The molecule has 0 fully saturated rings. The van der Waals surface area contributed by atoms with E-state index >= 15 is 0 Å². The lowest BCUT2D eigenvalue weighted by molar-refractivity contribution is -0.133. The smallest absolute Gasteiger partial charge is 0.305 e. The summed E-state index contributed by atoms with van der Waals surface area (Å²) in [5, 5.41) is 30.6. The van der Waals surface area contributed by atoms with Crippen LogP contribution in [-0.4, -0.2) is 20.7 Å². The van der Waals surface area contributed by atoms with Gasteiger partial charge in [-0.25, -0.2) is 0 Å². The molecule has 30 heavy (non-hydrogen) atoms. The lowest BCUT2D eigenvalue weighted by Gasteiger charge is -2.25. The van der Waals surface area contributed by atoms with E-state index in [1.807, 2.05) is 25.1 Å². The summed E-state index contributed by atoms with van der Waals surface area (Å²) >= 11 is 0. The molecule has 150 valence electrons. The van der Waals surface area contributed by atoms with E-state index in [9.17, 15) is 15.0 Å². The van der Waals surface area contributed by atoms with Gasteiger partial charge in [-0.1, -0.05) is 78.9 Å². The molecule has 1 amide bonds. The van der Waals surface area contributed by atoms with Gasteiger partial charge in [-0.15, -0.1) is 10.2 Å². The lowest BCUT2D eigenvalue weighted by Crippen LogP contribution is -2.35. The van der Waals surface area contributed by atoms with E-state index < -0.39 is 11.5 Å². The van der Waals surface area contributed by atoms with Crippen molar-refractivity contribution in [2.45, 2.75) is 19.1 Å². The topological polar surface area (TPSA) is 87.2 Å². The van der Waals surface area contributed by atoms with Crippen LogP contribution in [0.25, 0.3) is 10.9 Å². The van der Waals surface area contributed by atoms with Crippen LogP contribution in [0.4, 0.5) is 5.69 Å². The molecule has 4 rings (SSSR count). The van der Waals surface area contributed by atoms with Crippen molar-refractivity contribution in [3.05, 3.63) is 96.1 Å². The second kappa shape index (κ2) is 7.93. The van der Waals surface area contributed by atoms with Crippen molar-refractivity contribution in [3.63, 3.8) is 0 Å². The number of rotatable bonds is 5. The second-order valence-corrected chi connectivity index (χ2v) is 6.88. The van der Waals surface area contributed by atoms with Crippen LogP contribution in [0.1, 0.15) is 18.1 Å². The molecule has 1 aromatic heterocycles. The average Bonchev–Trinajstić information content (AvgIpc) is 3.08. The maximum atomic E-state index is 13.2. The van der Waals surface area contributed by atoms with Crippen molar-refractivity contribution in [2.24, 2.45) is 10.2 Å².